The molecule has 13 heavy (non-hydrogen) atoms. The number of carboxylic acids is 1. The molecule has 0 amide bonds. The average molecular weight is 185 g/mol. The van der Waals surface area contributed by atoms with Gasteiger partial charge in [0.25, 0.3) is 7.48 Å². The molecule has 1 aliphatic carbocycles. The molecule has 0 radical (unpaired) electrons. The van der Waals surface area contributed by atoms with Crippen LogP contribution in [0.4, 0.5) is 0 Å². The van der Waals surface area contributed by atoms with E-state index in [1.165, 1.54) is 19.3 Å². The van der Waals surface area contributed by atoms with Crippen LogP contribution < -0.4 is 5.73 Å². The number of aliphatic carboxylic acids is 1. The van der Waals surface area contributed by atoms with Gasteiger partial charge in [0.05, 0.1) is 12.5 Å². The van der Waals surface area contributed by atoms with Gasteiger partial charge in [-0.15, -0.1) is 0 Å². The van der Waals surface area contributed by atoms with Gasteiger partial charge in [-0.25, -0.2) is 0 Å². The van der Waals surface area contributed by atoms with Crippen LogP contribution in [-0.4, -0.2) is 25.3 Å². The minimum absolute atomic E-state index is 0.106. The quantitative estimate of drug-likeness (QED) is 0.462. The highest BCUT2D eigenvalue weighted by atomic mass is 16.4. The molecule has 0 saturated heterocycles. The van der Waals surface area contributed by atoms with Crippen LogP contribution >= 0.6 is 0 Å². The minimum Gasteiger partial charge on any atom is -0.481 e. The Morgan fingerprint density at radius 3 is 2.77 bits per heavy atom. The summed E-state index contributed by atoms with van der Waals surface area (Å²) in [6.07, 6.45) is 4.34. The molecule has 1 aliphatic rings. The van der Waals surface area contributed by atoms with Crippen molar-refractivity contribution in [1.82, 2.24) is 0 Å². The molecule has 1 saturated carbocycles. The lowest BCUT2D eigenvalue weighted by molar-refractivity contribution is -0.137. The molecule has 1 unspecified atom stereocenters. The third kappa shape index (κ3) is 3.36. The van der Waals surface area contributed by atoms with E-state index in [4.69, 9.17) is 15.5 Å². The zero-order chi connectivity index (χ0) is 9.68. The molecular formula is C8H16BNO3. The van der Waals surface area contributed by atoms with Gasteiger partial charge in [-0.05, 0) is 12.3 Å². The zero-order valence-corrected chi connectivity index (χ0v) is 7.74. The van der Waals surface area contributed by atoms with Gasteiger partial charge < -0.3 is 15.5 Å². The summed E-state index contributed by atoms with van der Waals surface area (Å²) in [6, 6.07) is 0. The molecule has 3 N–H and O–H groups in total. The number of hydrogen-bond acceptors (Lipinski definition) is 3. The molecule has 0 aromatic heterocycles. The van der Waals surface area contributed by atoms with Crippen LogP contribution in [0.15, 0.2) is 0 Å². The van der Waals surface area contributed by atoms with Gasteiger partial charge in [-0.1, -0.05) is 19.3 Å². The maximum Gasteiger partial charge on any atom is 0.301 e. The van der Waals surface area contributed by atoms with Crippen LogP contribution in [0.5, 0.6) is 0 Å². The van der Waals surface area contributed by atoms with Crippen molar-refractivity contribution < 1.29 is 14.6 Å². The Labute approximate surface area is 78.7 Å². The second-order valence-electron chi connectivity index (χ2n) is 3.61. The lowest BCUT2D eigenvalue weighted by Crippen LogP contribution is -2.24. The predicted molar refractivity (Wildman–Crippen MR) is 50.6 cm³/mol. The fraction of sp³-hybridized carbons (Fsp3) is 0.875. The van der Waals surface area contributed by atoms with E-state index in [1.54, 1.807) is 0 Å². The van der Waals surface area contributed by atoms with Crippen molar-refractivity contribution in [3.8, 4) is 0 Å². The van der Waals surface area contributed by atoms with E-state index in [2.05, 4.69) is 0 Å². The molecule has 1 rings (SSSR count). The van der Waals surface area contributed by atoms with Crippen LogP contribution in [0.2, 0.25) is 5.82 Å². The van der Waals surface area contributed by atoms with Crippen molar-refractivity contribution in [2.75, 3.05) is 6.73 Å². The summed E-state index contributed by atoms with van der Waals surface area (Å²) in [5.74, 6) is -0.531. The van der Waals surface area contributed by atoms with Crippen molar-refractivity contribution in [1.29, 1.82) is 0 Å². The topological polar surface area (TPSA) is 72.5 Å². The van der Waals surface area contributed by atoms with Crippen LogP contribution in [0.3, 0.4) is 0 Å². The molecule has 0 aliphatic heterocycles. The van der Waals surface area contributed by atoms with Gasteiger partial charge in [-0.3, -0.25) is 4.79 Å². The maximum absolute atomic E-state index is 10.8. The normalized spacial score (nSPS) is 19.2. The van der Waals surface area contributed by atoms with Crippen LogP contribution in [0.1, 0.15) is 25.7 Å². The monoisotopic (exact) mass is 185 g/mol. The van der Waals surface area contributed by atoms with Crippen LogP contribution in [0, 0.1) is 5.92 Å². The summed E-state index contributed by atoms with van der Waals surface area (Å²) >= 11 is 0. The molecule has 5 heteroatoms. The molecule has 0 aromatic rings. The third-order valence-corrected chi connectivity index (χ3v) is 2.63. The number of carboxylic acid groups (broad SMARTS) is 1. The first-order valence-corrected chi connectivity index (χ1v) is 4.74. The summed E-state index contributed by atoms with van der Waals surface area (Å²) < 4.78 is 4.92. The Morgan fingerprint density at radius 2 is 2.38 bits per heavy atom. The van der Waals surface area contributed by atoms with E-state index in [0.29, 0.717) is 5.92 Å². The zero-order valence-electron chi connectivity index (χ0n) is 7.74. The Kier molecular flexibility index (Phi) is 4.25. The molecular weight excluding hydrogens is 169 g/mol. The molecule has 1 atom stereocenters. The number of hydrogen-bond donors (Lipinski definition) is 2. The first-order valence-electron chi connectivity index (χ1n) is 4.74. The van der Waals surface area contributed by atoms with Gasteiger partial charge >= 0.3 is 5.97 Å². The number of nitrogens with two attached hydrogens (primary N) is 1. The fourth-order valence-corrected chi connectivity index (χ4v) is 1.58. The van der Waals surface area contributed by atoms with Gasteiger partial charge in [0.2, 0.25) is 0 Å². The van der Waals surface area contributed by atoms with Gasteiger partial charge in [0.15, 0.2) is 0 Å². The molecule has 0 aromatic carbocycles. The lowest BCUT2D eigenvalue weighted by Gasteiger charge is -2.27. The van der Waals surface area contributed by atoms with Crippen molar-refractivity contribution in [2.24, 2.45) is 11.7 Å². The molecule has 0 spiro atoms. The first kappa shape index (κ1) is 10.5. The summed E-state index contributed by atoms with van der Waals surface area (Å²) in [5, 5.41) is 8.85. The Balaban J connectivity index is 2.23. The Hall–Kier alpha value is -0.545. The largest absolute Gasteiger partial charge is 0.481 e. The van der Waals surface area contributed by atoms with E-state index in [1.807, 2.05) is 0 Å². The van der Waals surface area contributed by atoms with Crippen molar-refractivity contribution >= 4 is 13.5 Å². The Bertz CT molecular complexity index is 173. The summed E-state index contributed by atoms with van der Waals surface area (Å²) in [4.78, 5) is 10.8. The average Bonchev–Trinajstić information content (AvgIpc) is 2.01. The van der Waals surface area contributed by atoms with E-state index in [9.17, 15) is 4.79 Å². The summed E-state index contributed by atoms with van der Waals surface area (Å²) in [5.41, 5.74) is 5.14. The highest BCUT2D eigenvalue weighted by Crippen LogP contribution is 2.33. The van der Waals surface area contributed by atoms with E-state index >= 15 is 0 Å². The van der Waals surface area contributed by atoms with E-state index in [-0.39, 0.29) is 20.0 Å². The second kappa shape index (κ2) is 5.24. The van der Waals surface area contributed by atoms with Gasteiger partial charge in [0.1, 0.15) is 0 Å². The molecule has 4 nitrogen and oxygen atoms in total. The lowest BCUT2D eigenvalue weighted by atomic mass is 9.69. The predicted octanol–water partition coefficient (Wildman–Crippen LogP) is 0.334. The van der Waals surface area contributed by atoms with Gasteiger partial charge in [-0.2, -0.15) is 0 Å². The molecule has 1 fully saturated rings. The SMILES string of the molecule is NCOBC(CC1CCC1)C(=O)O. The fourth-order valence-electron chi connectivity index (χ4n) is 1.58. The first-order chi connectivity index (χ1) is 6.24. The summed E-state index contributed by atoms with van der Waals surface area (Å²) in [7, 11) is 0.252. The minimum atomic E-state index is -0.764. The van der Waals surface area contributed by atoms with Crippen molar-refractivity contribution in [3.63, 3.8) is 0 Å². The van der Waals surface area contributed by atoms with Crippen LogP contribution in [-0.2, 0) is 9.45 Å². The molecule has 0 heterocycles. The Morgan fingerprint density at radius 1 is 1.69 bits per heavy atom. The van der Waals surface area contributed by atoms with Gasteiger partial charge in [0, 0.05) is 0 Å². The molecule has 0 bridgehead atoms. The van der Waals surface area contributed by atoms with E-state index in [0.717, 1.165) is 6.42 Å². The third-order valence-electron chi connectivity index (χ3n) is 2.63. The second-order valence-corrected chi connectivity index (χ2v) is 3.61. The number of rotatable bonds is 6. The van der Waals surface area contributed by atoms with Crippen molar-refractivity contribution in [3.05, 3.63) is 0 Å². The molecule has 74 valence electrons. The maximum atomic E-state index is 10.8. The standard InChI is InChI=1S/C8H16BNO3/c10-5-13-9-7(8(11)12)4-6-2-1-3-6/h6-7,9H,1-5,10H2,(H,11,12). The highest BCUT2D eigenvalue weighted by Gasteiger charge is 2.27. The van der Waals surface area contributed by atoms with Crippen molar-refractivity contribution in [2.45, 2.75) is 31.5 Å². The summed E-state index contributed by atoms with van der Waals surface area (Å²) in [6.45, 7) is 0.106. The van der Waals surface area contributed by atoms with E-state index < -0.39 is 5.97 Å². The number of carbonyl (C=O) groups is 1. The van der Waals surface area contributed by atoms with Crippen LogP contribution in [0.25, 0.3) is 0 Å². The highest BCUT2D eigenvalue weighted by molar-refractivity contribution is 6.36. The smallest absolute Gasteiger partial charge is 0.301 e.